The van der Waals surface area contributed by atoms with Gasteiger partial charge in [0.2, 0.25) is 0 Å². The first-order valence-electron chi connectivity index (χ1n) is 13.2. The fraction of sp³-hybridized carbons (Fsp3) is 0.577. The van der Waals surface area contributed by atoms with Gasteiger partial charge in [-0.2, -0.15) is 5.09 Å². The summed E-state index contributed by atoms with van der Waals surface area (Å²) in [5, 5.41) is 34.6. The van der Waals surface area contributed by atoms with Crippen molar-refractivity contribution in [3.05, 3.63) is 63.4 Å². The molecule has 6 atom stereocenters. The molecule has 228 valence electrons. The summed E-state index contributed by atoms with van der Waals surface area (Å²) >= 11 is 0. The Balaban J connectivity index is 1.76. The lowest BCUT2D eigenvalue weighted by atomic mass is 9.86. The summed E-state index contributed by atoms with van der Waals surface area (Å²) in [7, 11) is -4.53. The van der Waals surface area contributed by atoms with Crippen LogP contribution in [0.5, 0.6) is 5.75 Å². The molecule has 15 heteroatoms. The van der Waals surface area contributed by atoms with Gasteiger partial charge in [0.05, 0.1) is 6.61 Å². The van der Waals surface area contributed by atoms with E-state index < -0.39 is 61.2 Å². The molecule has 0 spiro atoms. The maximum absolute atomic E-state index is 15.8. The SMILES string of the molecule is CC(N[P@](=O)(OC[C@](C)(F)[C@@H](O)[C@@](C)(O)[C@@H](O)n1ccc(=O)[nH]c1=O)Oc1ccccc1)C(=O)OC1CCCCC1. The Kier molecular flexibility index (Phi) is 10.7. The van der Waals surface area contributed by atoms with Crippen molar-refractivity contribution >= 4 is 13.7 Å². The molecular formula is C26H37FN3O10P. The number of nitrogens with zero attached hydrogens (tertiary/aromatic N) is 1. The molecule has 0 bridgehead atoms. The number of aromatic amines is 1. The van der Waals surface area contributed by atoms with Crippen molar-refractivity contribution in [2.75, 3.05) is 6.61 Å². The number of aliphatic hydroxyl groups excluding tert-OH is 2. The van der Waals surface area contributed by atoms with E-state index in [1.807, 2.05) is 4.98 Å². The maximum Gasteiger partial charge on any atom is 0.459 e. The van der Waals surface area contributed by atoms with Crippen LogP contribution in [0.1, 0.15) is 59.1 Å². The van der Waals surface area contributed by atoms with Gasteiger partial charge < -0.3 is 24.6 Å². The third-order valence-corrected chi connectivity index (χ3v) is 8.41. The summed E-state index contributed by atoms with van der Waals surface area (Å²) in [6.07, 6.45) is 0.262. The molecule has 0 amide bonds. The first-order chi connectivity index (χ1) is 19.1. The molecule has 1 unspecified atom stereocenters. The van der Waals surface area contributed by atoms with Gasteiger partial charge in [-0.15, -0.1) is 0 Å². The number of esters is 1. The molecule has 1 fully saturated rings. The fourth-order valence-corrected chi connectivity index (χ4v) is 5.97. The summed E-state index contributed by atoms with van der Waals surface area (Å²) in [5.74, 6) is -0.644. The third kappa shape index (κ3) is 8.57. The highest BCUT2D eigenvalue weighted by molar-refractivity contribution is 7.52. The van der Waals surface area contributed by atoms with Gasteiger partial charge in [-0.05, 0) is 58.6 Å². The molecule has 0 radical (unpaired) electrons. The van der Waals surface area contributed by atoms with Crippen molar-refractivity contribution in [3.8, 4) is 5.75 Å². The van der Waals surface area contributed by atoms with Gasteiger partial charge in [0.15, 0.2) is 11.9 Å². The van der Waals surface area contributed by atoms with Crippen molar-refractivity contribution in [1.82, 2.24) is 14.6 Å². The van der Waals surface area contributed by atoms with Gasteiger partial charge >= 0.3 is 19.4 Å². The van der Waals surface area contributed by atoms with E-state index in [1.54, 1.807) is 18.2 Å². The van der Waals surface area contributed by atoms with Crippen LogP contribution in [0.25, 0.3) is 0 Å². The lowest BCUT2D eigenvalue weighted by molar-refractivity contribution is -0.204. The Bertz CT molecular complexity index is 1330. The third-order valence-electron chi connectivity index (χ3n) is 6.79. The average Bonchev–Trinajstić information content (AvgIpc) is 2.92. The van der Waals surface area contributed by atoms with E-state index in [0.717, 1.165) is 45.4 Å². The Morgan fingerprint density at radius 1 is 1.17 bits per heavy atom. The standard InChI is InChI=1S/C26H37FN3O10P/c1-17(21(32)39-18-10-6-4-7-11-18)29-41(37,40-19-12-8-5-9-13-19)38-16-25(2,27)22(33)26(3,36)23(34)30-15-14-20(31)28-24(30)35/h5,8-9,12-15,17-18,22-23,33-34,36H,4,6-7,10-11,16H2,1-3H3,(H,29,37)(H,28,31,35)/t17?,22-,23-,25+,26-,41+/m1/s1. The van der Waals surface area contributed by atoms with Crippen LogP contribution in [0.2, 0.25) is 0 Å². The summed E-state index contributed by atoms with van der Waals surface area (Å²) in [4.78, 5) is 37.9. The van der Waals surface area contributed by atoms with Crippen LogP contribution in [0.3, 0.4) is 0 Å². The van der Waals surface area contributed by atoms with Gasteiger partial charge in [0.25, 0.3) is 5.56 Å². The van der Waals surface area contributed by atoms with Gasteiger partial charge in [-0.25, -0.2) is 13.8 Å². The Morgan fingerprint density at radius 2 is 1.80 bits per heavy atom. The van der Waals surface area contributed by atoms with Crippen molar-refractivity contribution in [2.45, 2.75) is 88.6 Å². The predicted molar refractivity (Wildman–Crippen MR) is 145 cm³/mol. The molecule has 0 saturated heterocycles. The molecular weight excluding hydrogens is 564 g/mol. The number of carbonyl (C=O) groups is 1. The zero-order valence-electron chi connectivity index (χ0n) is 23.1. The molecule has 1 aliphatic carbocycles. The van der Waals surface area contributed by atoms with Crippen molar-refractivity contribution in [1.29, 1.82) is 0 Å². The second-order valence-corrected chi connectivity index (χ2v) is 12.2. The van der Waals surface area contributed by atoms with Crippen molar-refractivity contribution in [3.63, 3.8) is 0 Å². The fourth-order valence-electron chi connectivity index (χ4n) is 4.39. The van der Waals surface area contributed by atoms with E-state index in [1.165, 1.54) is 19.1 Å². The number of rotatable bonds is 13. The van der Waals surface area contributed by atoms with Crippen LogP contribution in [0.4, 0.5) is 4.39 Å². The van der Waals surface area contributed by atoms with Crippen LogP contribution in [0.15, 0.2) is 52.2 Å². The second-order valence-electron chi connectivity index (χ2n) is 10.5. The first-order valence-corrected chi connectivity index (χ1v) is 14.8. The molecule has 1 aromatic carbocycles. The number of para-hydroxylation sites is 1. The number of hydrogen-bond acceptors (Lipinski definition) is 10. The molecule has 5 N–H and O–H groups in total. The number of H-pyrrole nitrogens is 1. The number of carbonyl (C=O) groups excluding carboxylic acids is 1. The Labute approximate surface area is 235 Å². The number of aromatic nitrogens is 2. The minimum Gasteiger partial charge on any atom is -0.461 e. The molecule has 3 rings (SSSR count). The molecule has 1 aliphatic rings. The predicted octanol–water partition coefficient (Wildman–Crippen LogP) is 1.93. The number of benzene rings is 1. The monoisotopic (exact) mass is 601 g/mol. The van der Waals surface area contributed by atoms with Gasteiger partial charge in [0, 0.05) is 12.3 Å². The van der Waals surface area contributed by atoms with Gasteiger partial charge in [0.1, 0.15) is 29.6 Å². The topological polar surface area (TPSA) is 189 Å². The quantitative estimate of drug-likeness (QED) is 0.167. The van der Waals surface area contributed by atoms with E-state index >= 15 is 4.39 Å². The smallest absolute Gasteiger partial charge is 0.459 e. The molecule has 13 nitrogen and oxygen atoms in total. The highest BCUT2D eigenvalue weighted by Gasteiger charge is 2.51. The van der Waals surface area contributed by atoms with E-state index in [9.17, 15) is 34.3 Å². The molecule has 2 aromatic rings. The van der Waals surface area contributed by atoms with Crippen LogP contribution in [-0.2, 0) is 18.6 Å². The second kappa shape index (κ2) is 13.4. The van der Waals surface area contributed by atoms with E-state index in [4.69, 9.17) is 13.8 Å². The maximum atomic E-state index is 15.8. The minimum absolute atomic E-state index is 0.0668. The molecule has 1 heterocycles. The highest BCUT2D eigenvalue weighted by atomic mass is 31.2. The number of nitrogens with one attached hydrogen (secondary N) is 2. The number of halogens is 1. The number of alkyl halides is 1. The zero-order valence-corrected chi connectivity index (χ0v) is 24.0. The number of hydrogen-bond donors (Lipinski definition) is 5. The van der Waals surface area contributed by atoms with Crippen LogP contribution >= 0.6 is 7.75 Å². The van der Waals surface area contributed by atoms with Crippen LogP contribution in [-0.4, -0.2) is 67.0 Å². The molecule has 1 aromatic heterocycles. The largest absolute Gasteiger partial charge is 0.461 e. The summed E-state index contributed by atoms with van der Waals surface area (Å²) in [6.45, 7) is 1.89. The summed E-state index contributed by atoms with van der Waals surface area (Å²) in [6, 6.07) is 7.44. The Hall–Kier alpha value is -2.87. The summed E-state index contributed by atoms with van der Waals surface area (Å²) < 4.78 is 46.4. The lowest BCUT2D eigenvalue weighted by Gasteiger charge is -2.40. The normalized spacial score (nSPS) is 21.0. The lowest BCUT2D eigenvalue weighted by Crippen LogP contribution is -2.58. The van der Waals surface area contributed by atoms with Crippen molar-refractivity contribution < 1.29 is 42.9 Å². The van der Waals surface area contributed by atoms with Crippen LogP contribution < -0.4 is 20.9 Å². The van der Waals surface area contributed by atoms with Crippen LogP contribution in [0, 0.1) is 0 Å². The highest BCUT2D eigenvalue weighted by Crippen LogP contribution is 2.46. The molecule has 1 saturated carbocycles. The zero-order chi connectivity index (χ0) is 30.4. The van der Waals surface area contributed by atoms with E-state index in [2.05, 4.69) is 5.09 Å². The first kappa shape index (κ1) is 32.6. The van der Waals surface area contributed by atoms with Crippen molar-refractivity contribution in [2.24, 2.45) is 0 Å². The Morgan fingerprint density at radius 3 is 2.41 bits per heavy atom. The number of ether oxygens (including phenoxy) is 1. The summed E-state index contributed by atoms with van der Waals surface area (Å²) in [5.41, 5.74) is -7.52. The molecule has 0 aliphatic heterocycles. The van der Waals surface area contributed by atoms with E-state index in [0.29, 0.717) is 17.4 Å². The molecule has 41 heavy (non-hydrogen) atoms. The van der Waals surface area contributed by atoms with E-state index in [-0.39, 0.29) is 11.9 Å². The minimum atomic E-state index is -4.53. The average molecular weight is 602 g/mol. The van der Waals surface area contributed by atoms with Gasteiger partial charge in [-0.1, -0.05) is 24.6 Å². The number of aliphatic hydroxyl groups is 3. The van der Waals surface area contributed by atoms with Gasteiger partial charge in [-0.3, -0.25) is 23.7 Å².